The van der Waals surface area contributed by atoms with Gasteiger partial charge in [0.25, 0.3) is 7.82 Å². The van der Waals surface area contributed by atoms with Gasteiger partial charge in [-0.05, 0) is 32.1 Å². The lowest BCUT2D eigenvalue weighted by molar-refractivity contribution is -0.870. The molecule has 0 saturated carbocycles. The molecule has 9 heteroatoms. The van der Waals surface area contributed by atoms with E-state index in [9.17, 15) is 19.4 Å². The van der Waals surface area contributed by atoms with Crippen molar-refractivity contribution < 1.29 is 32.9 Å². The van der Waals surface area contributed by atoms with Crippen LogP contribution in [0.1, 0.15) is 251 Å². The van der Waals surface area contributed by atoms with Crippen molar-refractivity contribution in [3.05, 3.63) is 24.3 Å². The molecular weight excluding hydrogens is 780 g/mol. The predicted molar refractivity (Wildman–Crippen MR) is 261 cm³/mol. The van der Waals surface area contributed by atoms with E-state index >= 15 is 0 Å². The standard InChI is InChI=1S/C52H103N2O6P/c1-6-8-10-12-14-16-18-20-22-24-25-26-27-28-30-31-33-35-37-39-41-43-45-51(55)50(49-60-61(57,58)59-48-47-54(3,4)5)53-52(56)46-44-42-40-38-36-34-32-29-23-21-19-17-15-13-11-9-7-2/h35,37,43,45,50-51,55H,6-34,36,38-42,44,46-49H2,1-5H3,(H-,53,56,57,58)/b37-35+,45-43+. The normalized spacial score (nSPS) is 14.3. The number of nitrogens with one attached hydrogen (secondary N) is 1. The Morgan fingerprint density at radius 2 is 0.918 bits per heavy atom. The number of aliphatic hydroxyl groups excluding tert-OH is 1. The van der Waals surface area contributed by atoms with Crippen LogP contribution < -0.4 is 10.2 Å². The van der Waals surface area contributed by atoms with E-state index in [1.807, 2.05) is 27.2 Å². The van der Waals surface area contributed by atoms with Crippen molar-refractivity contribution in [3.8, 4) is 0 Å². The lowest BCUT2D eigenvalue weighted by Gasteiger charge is -2.29. The van der Waals surface area contributed by atoms with Crippen molar-refractivity contribution in [1.29, 1.82) is 0 Å². The van der Waals surface area contributed by atoms with Gasteiger partial charge in [-0.2, -0.15) is 0 Å². The molecule has 61 heavy (non-hydrogen) atoms. The molecule has 0 rings (SSSR count). The minimum atomic E-state index is -4.60. The molecule has 1 amide bonds. The molecular formula is C52H103N2O6P. The third-order valence-electron chi connectivity index (χ3n) is 11.9. The van der Waals surface area contributed by atoms with Crippen molar-refractivity contribution >= 4 is 13.7 Å². The van der Waals surface area contributed by atoms with Crippen molar-refractivity contribution in [2.24, 2.45) is 0 Å². The van der Waals surface area contributed by atoms with E-state index in [1.54, 1.807) is 6.08 Å². The molecule has 3 atom stereocenters. The summed E-state index contributed by atoms with van der Waals surface area (Å²) in [6.07, 6.45) is 53.8. The quantitative estimate of drug-likeness (QED) is 0.0273. The van der Waals surface area contributed by atoms with Crippen molar-refractivity contribution in [2.45, 2.75) is 264 Å². The molecule has 0 aliphatic rings. The number of carbonyl (C=O) groups is 1. The summed E-state index contributed by atoms with van der Waals surface area (Å²) in [5.41, 5.74) is 0. The maximum atomic E-state index is 12.9. The fourth-order valence-corrected chi connectivity index (χ4v) is 8.48. The van der Waals surface area contributed by atoms with Gasteiger partial charge in [-0.1, -0.05) is 237 Å². The van der Waals surface area contributed by atoms with Gasteiger partial charge >= 0.3 is 0 Å². The first-order valence-electron chi connectivity index (χ1n) is 26.2. The Labute approximate surface area is 379 Å². The average molecular weight is 883 g/mol. The Balaban J connectivity index is 4.32. The van der Waals surface area contributed by atoms with Crippen LogP contribution in [-0.2, 0) is 18.4 Å². The zero-order chi connectivity index (χ0) is 45.0. The number of unbranched alkanes of at least 4 members (excludes halogenated alkanes) is 33. The van der Waals surface area contributed by atoms with Crippen molar-refractivity contribution in [1.82, 2.24) is 5.32 Å². The summed E-state index contributed by atoms with van der Waals surface area (Å²) in [7, 11) is 1.25. The third kappa shape index (κ3) is 46.8. The monoisotopic (exact) mass is 883 g/mol. The molecule has 0 aliphatic carbocycles. The van der Waals surface area contributed by atoms with E-state index in [1.165, 1.54) is 193 Å². The molecule has 0 heterocycles. The van der Waals surface area contributed by atoms with Crippen LogP contribution in [0.5, 0.6) is 0 Å². The Kier molecular flexibility index (Phi) is 43.5. The lowest BCUT2D eigenvalue weighted by atomic mass is 10.0. The van der Waals surface area contributed by atoms with Crippen LogP contribution in [-0.4, -0.2) is 68.5 Å². The third-order valence-corrected chi connectivity index (χ3v) is 12.9. The summed E-state index contributed by atoms with van der Waals surface area (Å²) < 4.78 is 23.3. The number of allylic oxidation sites excluding steroid dienone is 3. The fourth-order valence-electron chi connectivity index (χ4n) is 7.76. The van der Waals surface area contributed by atoms with Crippen molar-refractivity contribution in [2.75, 3.05) is 40.9 Å². The van der Waals surface area contributed by atoms with E-state index < -0.39 is 20.0 Å². The van der Waals surface area contributed by atoms with E-state index in [0.717, 1.165) is 38.5 Å². The summed E-state index contributed by atoms with van der Waals surface area (Å²) in [5, 5.41) is 13.8. The van der Waals surface area contributed by atoms with Crippen LogP contribution in [0.3, 0.4) is 0 Å². The van der Waals surface area contributed by atoms with Crippen LogP contribution >= 0.6 is 7.82 Å². The van der Waals surface area contributed by atoms with Crippen LogP contribution in [0, 0.1) is 0 Å². The summed E-state index contributed by atoms with van der Waals surface area (Å²) in [5.74, 6) is -0.203. The number of hydrogen-bond acceptors (Lipinski definition) is 6. The molecule has 0 aromatic carbocycles. The Bertz CT molecular complexity index is 1050. The van der Waals surface area contributed by atoms with Crippen molar-refractivity contribution in [3.63, 3.8) is 0 Å². The lowest BCUT2D eigenvalue weighted by Crippen LogP contribution is -2.45. The molecule has 0 aromatic heterocycles. The van der Waals surface area contributed by atoms with Gasteiger partial charge in [0.1, 0.15) is 13.2 Å². The highest BCUT2D eigenvalue weighted by Gasteiger charge is 2.23. The van der Waals surface area contributed by atoms with Gasteiger partial charge in [0.2, 0.25) is 5.91 Å². The highest BCUT2D eigenvalue weighted by molar-refractivity contribution is 7.45. The van der Waals surface area contributed by atoms with Gasteiger partial charge in [-0.15, -0.1) is 0 Å². The number of amides is 1. The number of quaternary nitrogens is 1. The van der Waals surface area contributed by atoms with Gasteiger partial charge in [0.05, 0.1) is 39.9 Å². The van der Waals surface area contributed by atoms with E-state index in [2.05, 4.69) is 31.3 Å². The van der Waals surface area contributed by atoms with E-state index in [0.29, 0.717) is 17.4 Å². The number of nitrogens with zero attached hydrogens (tertiary/aromatic N) is 1. The summed E-state index contributed by atoms with van der Waals surface area (Å²) >= 11 is 0. The molecule has 0 fully saturated rings. The summed E-state index contributed by atoms with van der Waals surface area (Å²) in [6.45, 7) is 4.66. The predicted octanol–water partition coefficient (Wildman–Crippen LogP) is 14.6. The highest BCUT2D eigenvalue weighted by Crippen LogP contribution is 2.38. The number of phosphoric acid groups is 1. The zero-order valence-corrected chi connectivity index (χ0v) is 42.0. The van der Waals surface area contributed by atoms with Crippen LogP contribution in [0.2, 0.25) is 0 Å². The zero-order valence-electron chi connectivity index (χ0n) is 41.1. The molecule has 0 aromatic rings. The molecule has 2 N–H and O–H groups in total. The topological polar surface area (TPSA) is 108 Å². The summed E-state index contributed by atoms with van der Waals surface area (Å²) in [6, 6.07) is -0.899. The number of hydrogen-bond donors (Lipinski definition) is 2. The van der Waals surface area contributed by atoms with Gasteiger partial charge in [-0.25, -0.2) is 0 Å². The number of phosphoric ester groups is 1. The molecule has 0 aliphatic heterocycles. The molecule has 0 radical (unpaired) electrons. The number of rotatable bonds is 48. The maximum absolute atomic E-state index is 12.9. The minimum Gasteiger partial charge on any atom is -0.756 e. The number of aliphatic hydroxyl groups is 1. The van der Waals surface area contributed by atoms with E-state index in [4.69, 9.17) is 9.05 Å². The van der Waals surface area contributed by atoms with Gasteiger partial charge < -0.3 is 28.8 Å². The molecule has 362 valence electrons. The fraction of sp³-hybridized carbons (Fsp3) is 0.904. The first-order chi connectivity index (χ1) is 29.5. The van der Waals surface area contributed by atoms with Crippen LogP contribution in [0.25, 0.3) is 0 Å². The first kappa shape index (κ1) is 60.0. The average Bonchev–Trinajstić information content (AvgIpc) is 3.21. The van der Waals surface area contributed by atoms with Gasteiger partial charge in [-0.3, -0.25) is 9.36 Å². The van der Waals surface area contributed by atoms with E-state index in [-0.39, 0.29) is 19.1 Å². The molecule has 0 bridgehead atoms. The van der Waals surface area contributed by atoms with Crippen LogP contribution in [0.4, 0.5) is 0 Å². The van der Waals surface area contributed by atoms with Gasteiger partial charge in [0.15, 0.2) is 0 Å². The minimum absolute atomic E-state index is 0.00391. The molecule has 8 nitrogen and oxygen atoms in total. The molecule has 3 unspecified atom stereocenters. The first-order valence-corrected chi connectivity index (χ1v) is 27.7. The SMILES string of the molecule is CCCCCCCCCCCCCCCCCC/C=C/CC/C=C/C(O)C(COP(=O)([O-])OCC[N+](C)(C)C)NC(=O)CCCCCCCCCCCCCCCCCCC. The maximum Gasteiger partial charge on any atom is 0.268 e. The van der Waals surface area contributed by atoms with Gasteiger partial charge in [0, 0.05) is 6.42 Å². The van der Waals surface area contributed by atoms with Crippen LogP contribution in [0.15, 0.2) is 24.3 Å². The molecule has 0 spiro atoms. The largest absolute Gasteiger partial charge is 0.756 e. The number of likely N-dealkylation sites (N-methyl/N-ethyl adjacent to an activating group) is 1. The second kappa shape index (κ2) is 44.2. The highest BCUT2D eigenvalue weighted by atomic mass is 31.2. The second-order valence-electron chi connectivity index (χ2n) is 19.2. The Hall–Kier alpha value is -1.02. The molecule has 0 saturated heterocycles. The Morgan fingerprint density at radius 3 is 1.33 bits per heavy atom. The smallest absolute Gasteiger partial charge is 0.268 e. The summed E-state index contributed by atoms with van der Waals surface area (Å²) in [4.78, 5) is 25.4. The Morgan fingerprint density at radius 1 is 0.557 bits per heavy atom. The number of carbonyl (C=O) groups excluding carboxylic acids is 1. The second-order valence-corrected chi connectivity index (χ2v) is 20.6.